The van der Waals surface area contributed by atoms with Crippen molar-refractivity contribution in [3.63, 3.8) is 0 Å². The van der Waals surface area contributed by atoms with Gasteiger partial charge in [-0.25, -0.2) is 4.39 Å². The van der Waals surface area contributed by atoms with Crippen LogP contribution in [0.1, 0.15) is 18.4 Å². The van der Waals surface area contributed by atoms with E-state index in [2.05, 4.69) is 10.2 Å². The Labute approximate surface area is 178 Å². The number of methoxy groups -OCH3 is 1. The van der Waals surface area contributed by atoms with Gasteiger partial charge in [-0.15, -0.1) is 24.8 Å². The first-order valence-corrected chi connectivity index (χ1v) is 9.30. The summed E-state index contributed by atoms with van der Waals surface area (Å²) >= 11 is 0. The van der Waals surface area contributed by atoms with Crippen molar-refractivity contribution in [3.05, 3.63) is 29.6 Å². The van der Waals surface area contributed by atoms with Gasteiger partial charge in [-0.1, -0.05) is 0 Å². The summed E-state index contributed by atoms with van der Waals surface area (Å²) < 4.78 is 24.4. The summed E-state index contributed by atoms with van der Waals surface area (Å²) in [6.45, 7) is 5.49. The lowest BCUT2D eigenvalue weighted by Gasteiger charge is -2.35. The molecule has 1 amide bonds. The average molecular weight is 438 g/mol. The number of hydrogen-bond acceptors (Lipinski definition) is 5. The van der Waals surface area contributed by atoms with Crippen molar-refractivity contribution in [2.45, 2.75) is 25.5 Å². The van der Waals surface area contributed by atoms with Crippen molar-refractivity contribution >= 4 is 30.7 Å². The van der Waals surface area contributed by atoms with Gasteiger partial charge >= 0.3 is 0 Å². The van der Waals surface area contributed by atoms with E-state index < -0.39 is 0 Å². The largest absolute Gasteiger partial charge is 0.496 e. The second-order valence-electron chi connectivity index (χ2n) is 6.88. The van der Waals surface area contributed by atoms with Crippen LogP contribution in [0, 0.1) is 5.82 Å². The number of halogens is 3. The third-order valence-electron chi connectivity index (χ3n) is 5.03. The average Bonchev–Trinajstić information content (AvgIpc) is 3.16. The van der Waals surface area contributed by atoms with Crippen LogP contribution in [0.3, 0.4) is 0 Å². The standard InChI is InChI=1S/C19H28FN3O3.2ClH/c1-25-18-5-4-16(20)11-15(18)14-22-6-8-23(9-7-22)19(24)13-21-12-17-3-2-10-26-17;;/h4-5,11,17,21H,2-3,6-10,12-14H2,1H3;2*1H. The molecule has 9 heteroatoms. The summed E-state index contributed by atoms with van der Waals surface area (Å²) in [6.07, 6.45) is 2.43. The Kier molecular flexibility index (Phi) is 11.1. The van der Waals surface area contributed by atoms with Crippen molar-refractivity contribution in [3.8, 4) is 5.75 Å². The van der Waals surface area contributed by atoms with Crippen LogP contribution in [-0.4, -0.2) is 74.8 Å². The minimum absolute atomic E-state index is 0. The molecule has 1 atom stereocenters. The fourth-order valence-electron chi connectivity index (χ4n) is 3.52. The first-order chi connectivity index (χ1) is 12.7. The smallest absolute Gasteiger partial charge is 0.236 e. The summed E-state index contributed by atoms with van der Waals surface area (Å²) in [7, 11) is 1.59. The first kappa shape index (κ1) is 24.9. The maximum atomic E-state index is 13.5. The van der Waals surface area contributed by atoms with Gasteiger partial charge in [-0.2, -0.15) is 0 Å². The molecule has 2 saturated heterocycles. The number of ether oxygens (including phenoxy) is 2. The molecule has 2 fully saturated rings. The van der Waals surface area contributed by atoms with Gasteiger partial charge < -0.3 is 19.7 Å². The molecular weight excluding hydrogens is 408 g/mol. The summed E-state index contributed by atoms with van der Waals surface area (Å²) in [4.78, 5) is 16.4. The highest BCUT2D eigenvalue weighted by atomic mass is 35.5. The van der Waals surface area contributed by atoms with Crippen LogP contribution in [-0.2, 0) is 16.1 Å². The molecule has 0 aliphatic carbocycles. The minimum Gasteiger partial charge on any atom is -0.496 e. The molecule has 1 N–H and O–H groups in total. The molecule has 0 spiro atoms. The quantitative estimate of drug-likeness (QED) is 0.707. The first-order valence-electron chi connectivity index (χ1n) is 9.30. The van der Waals surface area contributed by atoms with E-state index in [1.165, 1.54) is 12.1 Å². The molecule has 0 aromatic heterocycles. The van der Waals surface area contributed by atoms with Gasteiger partial charge in [-0.05, 0) is 31.0 Å². The summed E-state index contributed by atoms with van der Waals surface area (Å²) in [6, 6.07) is 4.58. The van der Waals surface area contributed by atoms with Gasteiger partial charge in [-0.3, -0.25) is 9.69 Å². The highest BCUT2D eigenvalue weighted by molar-refractivity contribution is 5.85. The Morgan fingerprint density at radius 3 is 2.68 bits per heavy atom. The van der Waals surface area contributed by atoms with E-state index in [-0.39, 0.29) is 42.6 Å². The fraction of sp³-hybridized carbons (Fsp3) is 0.632. The zero-order valence-corrected chi connectivity index (χ0v) is 17.8. The minimum atomic E-state index is -0.257. The Hall–Kier alpha value is -1.12. The fourth-order valence-corrected chi connectivity index (χ4v) is 3.52. The lowest BCUT2D eigenvalue weighted by molar-refractivity contribution is -0.132. The van der Waals surface area contributed by atoms with E-state index in [1.54, 1.807) is 13.2 Å². The number of nitrogens with one attached hydrogen (secondary N) is 1. The van der Waals surface area contributed by atoms with Crippen molar-refractivity contribution in [2.75, 3.05) is 53.0 Å². The van der Waals surface area contributed by atoms with E-state index in [4.69, 9.17) is 9.47 Å². The van der Waals surface area contributed by atoms with Crippen molar-refractivity contribution in [1.29, 1.82) is 0 Å². The lowest BCUT2D eigenvalue weighted by Crippen LogP contribution is -2.50. The van der Waals surface area contributed by atoms with E-state index in [9.17, 15) is 9.18 Å². The van der Waals surface area contributed by atoms with Gasteiger partial charge in [0.25, 0.3) is 0 Å². The van der Waals surface area contributed by atoms with Gasteiger partial charge in [0, 0.05) is 51.4 Å². The Morgan fingerprint density at radius 1 is 1.29 bits per heavy atom. The van der Waals surface area contributed by atoms with E-state index in [1.807, 2.05) is 4.90 Å². The highest BCUT2D eigenvalue weighted by Crippen LogP contribution is 2.21. The van der Waals surface area contributed by atoms with E-state index >= 15 is 0 Å². The second-order valence-corrected chi connectivity index (χ2v) is 6.88. The zero-order valence-electron chi connectivity index (χ0n) is 16.2. The van der Waals surface area contributed by atoms with Crippen LogP contribution in [0.5, 0.6) is 5.75 Å². The summed E-state index contributed by atoms with van der Waals surface area (Å²) in [5, 5.41) is 3.21. The number of nitrogens with zero attached hydrogens (tertiary/aromatic N) is 2. The third kappa shape index (κ3) is 7.04. The lowest BCUT2D eigenvalue weighted by atomic mass is 10.1. The molecule has 2 aliphatic heterocycles. The molecule has 6 nitrogen and oxygen atoms in total. The molecule has 0 saturated carbocycles. The van der Waals surface area contributed by atoms with E-state index in [0.29, 0.717) is 31.9 Å². The predicted molar refractivity (Wildman–Crippen MR) is 111 cm³/mol. The normalized spacial score (nSPS) is 19.6. The van der Waals surface area contributed by atoms with Gasteiger partial charge in [0.1, 0.15) is 11.6 Å². The predicted octanol–water partition coefficient (Wildman–Crippen LogP) is 2.09. The number of carbonyl (C=O) groups excluding carboxylic acids is 1. The van der Waals surface area contributed by atoms with Crippen molar-refractivity contribution in [1.82, 2.24) is 15.1 Å². The number of carbonyl (C=O) groups is 1. The van der Waals surface area contributed by atoms with Gasteiger partial charge in [0.2, 0.25) is 5.91 Å². The molecule has 0 radical (unpaired) electrons. The number of amides is 1. The van der Waals surface area contributed by atoms with Crippen LogP contribution in [0.15, 0.2) is 18.2 Å². The number of benzene rings is 1. The second kappa shape index (κ2) is 12.4. The SMILES string of the molecule is COc1ccc(F)cc1CN1CCN(C(=O)CNCC2CCCO2)CC1.Cl.Cl. The monoisotopic (exact) mass is 437 g/mol. The Bertz CT molecular complexity index is 610. The molecular formula is C19H30Cl2FN3O3. The van der Waals surface area contributed by atoms with Gasteiger partial charge in [0.15, 0.2) is 0 Å². The molecule has 28 heavy (non-hydrogen) atoms. The van der Waals surface area contributed by atoms with E-state index in [0.717, 1.165) is 44.6 Å². The maximum Gasteiger partial charge on any atom is 0.236 e. The molecule has 160 valence electrons. The van der Waals surface area contributed by atoms with Crippen molar-refractivity contribution in [2.24, 2.45) is 0 Å². The van der Waals surface area contributed by atoms with Crippen LogP contribution >= 0.6 is 24.8 Å². The van der Waals surface area contributed by atoms with Gasteiger partial charge in [0.05, 0.1) is 19.8 Å². The van der Waals surface area contributed by atoms with Crippen LogP contribution in [0.4, 0.5) is 4.39 Å². The number of piperazine rings is 1. The van der Waals surface area contributed by atoms with Crippen LogP contribution in [0.25, 0.3) is 0 Å². The molecule has 2 heterocycles. The molecule has 0 bridgehead atoms. The summed E-state index contributed by atoms with van der Waals surface area (Å²) in [5.74, 6) is 0.571. The zero-order chi connectivity index (χ0) is 18.4. The molecule has 1 unspecified atom stereocenters. The summed E-state index contributed by atoms with van der Waals surface area (Å²) in [5.41, 5.74) is 0.838. The number of hydrogen-bond donors (Lipinski definition) is 1. The van der Waals surface area contributed by atoms with Crippen LogP contribution < -0.4 is 10.1 Å². The molecule has 3 rings (SSSR count). The number of rotatable bonds is 7. The topological polar surface area (TPSA) is 54.0 Å². The third-order valence-corrected chi connectivity index (χ3v) is 5.03. The molecule has 1 aromatic carbocycles. The Balaban J connectivity index is 0.00000196. The molecule has 1 aromatic rings. The maximum absolute atomic E-state index is 13.5. The van der Waals surface area contributed by atoms with Crippen LogP contribution in [0.2, 0.25) is 0 Å². The van der Waals surface area contributed by atoms with Crippen molar-refractivity contribution < 1.29 is 18.7 Å². The highest BCUT2D eigenvalue weighted by Gasteiger charge is 2.22. The molecule has 2 aliphatic rings. The Morgan fingerprint density at radius 2 is 2.04 bits per heavy atom.